The smallest absolute Gasteiger partial charge is 0.410 e. The Labute approximate surface area is 114 Å². The Balaban J connectivity index is 1.68. The molecule has 0 aromatic heterocycles. The van der Waals surface area contributed by atoms with Gasteiger partial charge in [0.15, 0.2) is 0 Å². The fourth-order valence-electron chi connectivity index (χ4n) is 1.81. The molecule has 1 fully saturated rings. The van der Waals surface area contributed by atoms with Crippen LogP contribution in [0.1, 0.15) is 26.3 Å². The first-order valence-corrected chi connectivity index (χ1v) is 6.57. The van der Waals surface area contributed by atoms with Gasteiger partial charge < -0.3 is 14.4 Å². The summed E-state index contributed by atoms with van der Waals surface area (Å²) < 4.78 is 11.0. The zero-order valence-corrected chi connectivity index (χ0v) is 11.8. The second kappa shape index (κ2) is 5.61. The fourth-order valence-corrected chi connectivity index (χ4v) is 1.81. The molecule has 1 aliphatic rings. The van der Waals surface area contributed by atoms with Crippen LogP contribution in [0.4, 0.5) is 4.79 Å². The van der Waals surface area contributed by atoms with E-state index in [1.807, 2.05) is 51.1 Å². The molecule has 0 atom stereocenters. The molecule has 0 unspecified atom stereocenters. The zero-order chi connectivity index (χ0) is 13.9. The van der Waals surface area contributed by atoms with Gasteiger partial charge in [0.2, 0.25) is 0 Å². The van der Waals surface area contributed by atoms with Gasteiger partial charge in [-0.1, -0.05) is 30.3 Å². The van der Waals surface area contributed by atoms with E-state index in [0.29, 0.717) is 19.7 Å². The quantitative estimate of drug-likeness (QED) is 0.841. The molecule has 1 aliphatic heterocycles. The van der Waals surface area contributed by atoms with E-state index in [-0.39, 0.29) is 12.2 Å². The van der Waals surface area contributed by atoms with Crippen molar-refractivity contribution in [2.75, 3.05) is 13.1 Å². The van der Waals surface area contributed by atoms with Crippen molar-refractivity contribution in [2.45, 2.75) is 39.1 Å². The van der Waals surface area contributed by atoms with E-state index >= 15 is 0 Å². The molecule has 0 N–H and O–H groups in total. The molecule has 0 radical (unpaired) electrons. The second-order valence-corrected chi connectivity index (χ2v) is 5.80. The normalized spacial score (nSPS) is 16.1. The summed E-state index contributed by atoms with van der Waals surface area (Å²) in [6.07, 6.45) is -0.139. The molecular weight excluding hydrogens is 242 g/mol. The highest BCUT2D eigenvalue weighted by Gasteiger charge is 2.34. The van der Waals surface area contributed by atoms with Crippen LogP contribution in [0, 0.1) is 0 Å². The summed E-state index contributed by atoms with van der Waals surface area (Å²) in [6.45, 7) is 7.42. The Bertz CT molecular complexity index is 419. The van der Waals surface area contributed by atoms with Crippen LogP contribution in [0.15, 0.2) is 30.3 Å². The van der Waals surface area contributed by atoms with Crippen molar-refractivity contribution in [3.05, 3.63) is 35.9 Å². The number of benzene rings is 1. The lowest BCUT2D eigenvalue weighted by Crippen LogP contribution is -2.55. The van der Waals surface area contributed by atoms with Crippen LogP contribution in [-0.2, 0) is 16.1 Å². The molecule has 1 aromatic rings. The summed E-state index contributed by atoms with van der Waals surface area (Å²) in [7, 11) is 0. The van der Waals surface area contributed by atoms with Crippen LogP contribution in [-0.4, -0.2) is 35.8 Å². The van der Waals surface area contributed by atoms with Crippen molar-refractivity contribution in [3.8, 4) is 0 Å². The molecule has 1 aromatic carbocycles. The Morgan fingerprint density at radius 1 is 1.26 bits per heavy atom. The second-order valence-electron chi connectivity index (χ2n) is 5.80. The first-order chi connectivity index (χ1) is 8.94. The predicted molar refractivity (Wildman–Crippen MR) is 72.8 cm³/mol. The number of carbonyl (C=O) groups excluding carboxylic acids is 1. The maximum atomic E-state index is 11.7. The van der Waals surface area contributed by atoms with Crippen molar-refractivity contribution >= 4 is 6.09 Å². The molecule has 2 rings (SSSR count). The summed E-state index contributed by atoms with van der Waals surface area (Å²) in [5.74, 6) is 0. The topological polar surface area (TPSA) is 38.8 Å². The number of likely N-dealkylation sites (tertiary alicyclic amines) is 1. The van der Waals surface area contributed by atoms with Crippen LogP contribution in [0.2, 0.25) is 0 Å². The van der Waals surface area contributed by atoms with Crippen LogP contribution in [0.3, 0.4) is 0 Å². The third-order valence-corrected chi connectivity index (χ3v) is 2.83. The van der Waals surface area contributed by atoms with Gasteiger partial charge in [-0.3, -0.25) is 0 Å². The van der Waals surface area contributed by atoms with Gasteiger partial charge >= 0.3 is 6.09 Å². The van der Waals surface area contributed by atoms with Crippen molar-refractivity contribution in [1.82, 2.24) is 4.90 Å². The minimum atomic E-state index is -0.437. The van der Waals surface area contributed by atoms with Crippen molar-refractivity contribution in [3.63, 3.8) is 0 Å². The summed E-state index contributed by atoms with van der Waals surface area (Å²) >= 11 is 0. The molecule has 0 saturated carbocycles. The molecule has 0 bridgehead atoms. The largest absolute Gasteiger partial charge is 0.444 e. The molecular formula is C15H21NO3. The Hall–Kier alpha value is -1.55. The van der Waals surface area contributed by atoms with Crippen LogP contribution >= 0.6 is 0 Å². The maximum Gasteiger partial charge on any atom is 0.410 e. The Morgan fingerprint density at radius 2 is 1.89 bits per heavy atom. The van der Waals surface area contributed by atoms with Crippen LogP contribution in [0.25, 0.3) is 0 Å². The monoisotopic (exact) mass is 263 g/mol. The lowest BCUT2D eigenvalue weighted by Gasteiger charge is -2.39. The number of amides is 1. The van der Waals surface area contributed by atoms with Gasteiger partial charge in [0.05, 0.1) is 25.8 Å². The van der Waals surface area contributed by atoms with Gasteiger partial charge in [-0.15, -0.1) is 0 Å². The van der Waals surface area contributed by atoms with Crippen LogP contribution < -0.4 is 0 Å². The van der Waals surface area contributed by atoms with E-state index < -0.39 is 5.60 Å². The Morgan fingerprint density at radius 3 is 2.47 bits per heavy atom. The van der Waals surface area contributed by atoms with Gasteiger partial charge in [0, 0.05) is 0 Å². The number of nitrogens with zero attached hydrogens (tertiary/aromatic N) is 1. The summed E-state index contributed by atoms with van der Waals surface area (Å²) in [4.78, 5) is 13.4. The van der Waals surface area contributed by atoms with Crippen molar-refractivity contribution < 1.29 is 14.3 Å². The summed E-state index contributed by atoms with van der Waals surface area (Å²) in [5, 5.41) is 0. The van der Waals surface area contributed by atoms with E-state index in [4.69, 9.17) is 9.47 Å². The third kappa shape index (κ3) is 4.24. The number of hydrogen-bond donors (Lipinski definition) is 0. The van der Waals surface area contributed by atoms with E-state index in [1.54, 1.807) is 4.90 Å². The molecule has 19 heavy (non-hydrogen) atoms. The number of rotatable bonds is 3. The number of hydrogen-bond acceptors (Lipinski definition) is 3. The molecule has 1 amide bonds. The summed E-state index contributed by atoms with van der Waals surface area (Å²) in [5.41, 5.74) is 0.714. The van der Waals surface area contributed by atoms with E-state index in [0.717, 1.165) is 5.56 Å². The van der Waals surface area contributed by atoms with Crippen LogP contribution in [0.5, 0.6) is 0 Å². The summed E-state index contributed by atoms with van der Waals surface area (Å²) in [6, 6.07) is 10.0. The van der Waals surface area contributed by atoms with Crippen molar-refractivity contribution in [1.29, 1.82) is 0 Å². The molecule has 104 valence electrons. The highest BCUT2D eigenvalue weighted by atomic mass is 16.6. The third-order valence-electron chi connectivity index (χ3n) is 2.83. The van der Waals surface area contributed by atoms with Gasteiger partial charge in [-0.25, -0.2) is 4.79 Å². The van der Waals surface area contributed by atoms with Gasteiger partial charge in [0.1, 0.15) is 5.60 Å². The minimum Gasteiger partial charge on any atom is -0.444 e. The predicted octanol–water partition coefficient (Wildman–Crippen LogP) is 2.82. The van der Waals surface area contributed by atoms with E-state index in [1.165, 1.54) is 0 Å². The van der Waals surface area contributed by atoms with E-state index in [2.05, 4.69) is 0 Å². The fraction of sp³-hybridized carbons (Fsp3) is 0.533. The first-order valence-electron chi connectivity index (χ1n) is 6.57. The van der Waals surface area contributed by atoms with Gasteiger partial charge in [0.25, 0.3) is 0 Å². The minimum absolute atomic E-state index is 0.118. The zero-order valence-electron chi connectivity index (χ0n) is 11.8. The van der Waals surface area contributed by atoms with Crippen molar-refractivity contribution in [2.24, 2.45) is 0 Å². The number of carbonyl (C=O) groups is 1. The standard InChI is InChI=1S/C15H21NO3/c1-15(2,3)19-14(17)16-9-13(10-16)18-11-12-7-5-4-6-8-12/h4-8,13H,9-11H2,1-3H3. The molecule has 1 saturated heterocycles. The number of ether oxygens (including phenoxy) is 2. The van der Waals surface area contributed by atoms with Gasteiger partial charge in [-0.2, -0.15) is 0 Å². The Kier molecular flexibility index (Phi) is 4.10. The SMILES string of the molecule is CC(C)(C)OC(=O)N1CC(OCc2ccccc2)C1. The van der Waals surface area contributed by atoms with Gasteiger partial charge in [-0.05, 0) is 26.3 Å². The first kappa shape index (κ1) is 13.9. The molecule has 0 aliphatic carbocycles. The van der Waals surface area contributed by atoms with E-state index in [9.17, 15) is 4.79 Å². The molecule has 0 spiro atoms. The lowest BCUT2D eigenvalue weighted by atomic mass is 10.1. The average Bonchev–Trinajstić information content (AvgIpc) is 2.25. The molecule has 1 heterocycles. The lowest BCUT2D eigenvalue weighted by molar-refractivity contribution is -0.0691. The molecule has 4 heteroatoms. The maximum absolute atomic E-state index is 11.7. The molecule has 4 nitrogen and oxygen atoms in total. The highest BCUT2D eigenvalue weighted by molar-refractivity contribution is 5.69. The highest BCUT2D eigenvalue weighted by Crippen LogP contribution is 2.18. The average molecular weight is 263 g/mol.